The number of hydrazine groups is 1. The fourth-order valence-corrected chi connectivity index (χ4v) is 2.41. The second-order valence-electron chi connectivity index (χ2n) is 6.59. The van der Waals surface area contributed by atoms with Crippen LogP contribution in [0.2, 0.25) is 5.02 Å². The lowest BCUT2D eigenvalue weighted by Crippen LogP contribution is -2.52. The summed E-state index contributed by atoms with van der Waals surface area (Å²) in [5.74, 6) is -0.611. The highest BCUT2D eigenvalue weighted by Crippen LogP contribution is 2.25. The van der Waals surface area contributed by atoms with E-state index in [4.69, 9.17) is 28.1 Å². The largest absolute Gasteiger partial charge is 0.497 e. The van der Waals surface area contributed by atoms with Gasteiger partial charge in [-0.3, -0.25) is 9.59 Å². The Bertz CT molecular complexity index is 801. The number of nitrogens with zero attached hydrogens (tertiary/aromatic N) is 2. The first-order chi connectivity index (χ1) is 12.1. The monoisotopic (exact) mass is 394 g/mol. The maximum Gasteiger partial charge on any atom is 0.276 e. The van der Waals surface area contributed by atoms with Gasteiger partial charge in [-0.2, -0.15) is 5.01 Å². The molecule has 2 amide bonds. The van der Waals surface area contributed by atoms with Gasteiger partial charge >= 0.3 is 0 Å². The molecule has 138 valence electrons. The third-order valence-corrected chi connectivity index (χ3v) is 4.43. The van der Waals surface area contributed by atoms with Crippen molar-refractivity contribution in [3.05, 3.63) is 64.7 Å². The van der Waals surface area contributed by atoms with Crippen LogP contribution >= 0.6 is 23.4 Å². The lowest BCUT2D eigenvalue weighted by Gasteiger charge is -2.36. The average molecular weight is 395 g/mol. The average Bonchev–Trinajstić information content (AvgIpc) is 2.61. The molecule has 0 aliphatic heterocycles. The number of hydrogen-bond donors (Lipinski definition) is 0. The van der Waals surface area contributed by atoms with Gasteiger partial charge < -0.3 is 4.74 Å². The van der Waals surface area contributed by atoms with E-state index in [0.717, 1.165) is 9.54 Å². The van der Waals surface area contributed by atoms with Crippen LogP contribution in [0.15, 0.2) is 48.5 Å². The second-order valence-corrected chi connectivity index (χ2v) is 7.35. The Morgan fingerprint density at radius 2 is 1.54 bits per heavy atom. The Morgan fingerprint density at radius 1 is 0.962 bits per heavy atom. The Balaban J connectivity index is 2.48. The number of halogens is 2. The summed E-state index contributed by atoms with van der Waals surface area (Å²) in [7, 11) is 1.50. The summed E-state index contributed by atoms with van der Waals surface area (Å²) in [4.78, 5) is 26.1. The van der Waals surface area contributed by atoms with Crippen LogP contribution in [0.5, 0.6) is 5.75 Å². The number of benzene rings is 2. The number of rotatable bonds is 4. The highest BCUT2D eigenvalue weighted by molar-refractivity contribution is 6.30. The molecule has 0 aliphatic rings. The van der Waals surface area contributed by atoms with E-state index in [9.17, 15) is 9.59 Å². The van der Waals surface area contributed by atoms with Gasteiger partial charge in [0.05, 0.1) is 7.11 Å². The van der Waals surface area contributed by atoms with E-state index in [1.165, 1.54) is 7.11 Å². The van der Waals surface area contributed by atoms with Crippen molar-refractivity contribution in [2.45, 2.75) is 26.3 Å². The van der Waals surface area contributed by atoms with Gasteiger partial charge in [-0.1, -0.05) is 17.7 Å². The Kier molecular flexibility index (Phi) is 6.29. The number of carbonyl (C=O) groups is 2. The van der Waals surface area contributed by atoms with E-state index in [2.05, 4.69) is 0 Å². The molecule has 0 heterocycles. The van der Waals surface area contributed by atoms with Crippen molar-refractivity contribution >= 4 is 35.2 Å². The summed E-state index contributed by atoms with van der Waals surface area (Å²) >= 11 is 12.3. The molecule has 0 unspecified atom stereocenters. The highest BCUT2D eigenvalue weighted by Gasteiger charge is 2.35. The molecule has 0 atom stereocenters. The standard InChI is InChI=1S/C19H20Cl2N2O3/c1-19(2,3)23(21)22(17(24)13-8-10-15(20)11-9-13)18(25)14-6-5-7-16(12-14)26-4/h5-12H,1-4H3. The van der Waals surface area contributed by atoms with E-state index in [0.29, 0.717) is 16.3 Å². The molecule has 2 aromatic rings. The van der Waals surface area contributed by atoms with Gasteiger partial charge in [-0.25, -0.2) is 0 Å². The molecule has 2 aromatic carbocycles. The molecule has 5 nitrogen and oxygen atoms in total. The molecule has 0 saturated heterocycles. The van der Waals surface area contributed by atoms with Crippen molar-refractivity contribution in [1.82, 2.24) is 9.54 Å². The van der Waals surface area contributed by atoms with Gasteiger partial charge in [0.25, 0.3) is 11.8 Å². The fraction of sp³-hybridized carbons (Fsp3) is 0.263. The molecule has 26 heavy (non-hydrogen) atoms. The lowest BCUT2D eigenvalue weighted by molar-refractivity contribution is 0.00542. The Hall–Kier alpha value is -2.08. The van der Waals surface area contributed by atoms with E-state index < -0.39 is 17.4 Å². The van der Waals surface area contributed by atoms with Crippen LogP contribution in [0.3, 0.4) is 0 Å². The van der Waals surface area contributed by atoms with Crippen LogP contribution in [0.25, 0.3) is 0 Å². The number of hydrogen-bond acceptors (Lipinski definition) is 4. The number of amides is 2. The second kappa shape index (κ2) is 8.08. The topological polar surface area (TPSA) is 49.9 Å². The van der Waals surface area contributed by atoms with E-state index in [-0.39, 0.29) is 5.56 Å². The molecule has 0 spiro atoms. The molecule has 0 saturated carbocycles. The summed E-state index contributed by atoms with van der Waals surface area (Å²) in [6.07, 6.45) is 0. The van der Waals surface area contributed by atoms with Gasteiger partial charge in [0.1, 0.15) is 5.75 Å². The summed E-state index contributed by atoms with van der Waals surface area (Å²) < 4.78 is 6.26. The van der Waals surface area contributed by atoms with Crippen molar-refractivity contribution in [3.63, 3.8) is 0 Å². The van der Waals surface area contributed by atoms with E-state index >= 15 is 0 Å². The third-order valence-electron chi connectivity index (χ3n) is 3.52. The summed E-state index contributed by atoms with van der Waals surface area (Å²) in [6.45, 7) is 5.38. The predicted molar refractivity (Wildman–Crippen MR) is 102 cm³/mol. The van der Waals surface area contributed by atoms with E-state index in [1.54, 1.807) is 69.3 Å². The highest BCUT2D eigenvalue weighted by atomic mass is 35.5. The minimum Gasteiger partial charge on any atom is -0.497 e. The summed E-state index contributed by atoms with van der Waals surface area (Å²) in [5, 5.41) is 1.41. The van der Waals surface area contributed by atoms with Crippen molar-refractivity contribution in [1.29, 1.82) is 0 Å². The minimum absolute atomic E-state index is 0.279. The lowest BCUT2D eigenvalue weighted by atomic mass is 10.1. The molecule has 0 aromatic heterocycles. The van der Waals surface area contributed by atoms with Gasteiger partial charge in [0.2, 0.25) is 0 Å². The van der Waals surface area contributed by atoms with Gasteiger partial charge in [-0.15, -0.1) is 4.53 Å². The summed E-state index contributed by atoms with van der Waals surface area (Å²) in [5.41, 5.74) is -0.111. The van der Waals surface area contributed by atoms with Crippen LogP contribution in [0, 0.1) is 0 Å². The molecule has 0 fully saturated rings. The van der Waals surface area contributed by atoms with Gasteiger partial charge in [-0.05, 0) is 63.2 Å². The number of imide groups is 1. The SMILES string of the molecule is COc1cccc(C(=O)N(C(=O)c2ccc(Cl)cc2)N(Cl)C(C)(C)C)c1. The van der Waals surface area contributed by atoms with Crippen LogP contribution in [-0.4, -0.2) is 34.0 Å². The van der Waals surface area contributed by atoms with Crippen molar-refractivity contribution in [2.24, 2.45) is 0 Å². The first kappa shape index (κ1) is 20.2. The number of methoxy groups -OCH3 is 1. The molecule has 0 N–H and O–H groups in total. The van der Waals surface area contributed by atoms with Crippen molar-refractivity contribution in [3.8, 4) is 5.75 Å². The molecule has 7 heteroatoms. The van der Waals surface area contributed by atoms with Crippen molar-refractivity contribution in [2.75, 3.05) is 7.11 Å². The molecule has 2 rings (SSSR count). The molecule has 0 bridgehead atoms. The first-order valence-corrected chi connectivity index (χ1v) is 8.61. The summed E-state index contributed by atoms with van der Waals surface area (Å²) in [6, 6.07) is 12.8. The molecule has 0 radical (unpaired) electrons. The maximum absolute atomic E-state index is 13.1. The zero-order valence-corrected chi connectivity index (χ0v) is 16.5. The fourth-order valence-electron chi connectivity index (χ4n) is 2.14. The van der Waals surface area contributed by atoms with Crippen molar-refractivity contribution < 1.29 is 14.3 Å². The third kappa shape index (κ3) is 4.55. The number of ether oxygens (including phenoxy) is 1. The predicted octanol–water partition coefficient (Wildman–Crippen LogP) is 4.80. The quantitative estimate of drug-likeness (QED) is 0.424. The van der Waals surface area contributed by atoms with E-state index in [1.807, 2.05) is 0 Å². The smallest absolute Gasteiger partial charge is 0.276 e. The molecular formula is C19H20Cl2N2O3. The maximum atomic E-state index is 13.1. The molecular weight excluding hydrogens is 375 g/mol. The number of carbonyl (C=O) groups excluding carboxylic acids is 2. The van der Waals surface area contributed by atoms with Crippen LogP contribution < -0.4 is 4.74 Å². The van der Waals surface area contributed by atoms with Gasteiger partial charge in [0, 0.05) is 33.5 Å². The zero-order valence-electron chi connectivity index (χ0n) is 15.0. The van der Waals surface area contributed by atoms with Crippen LogP contribution in [0.1, 0.15) is 41.5 Å². The Labute approximate surface area is 163 Å². The normalized spacial score (nSPS) is 11.3. The van der Waals surface area contributed by atoms with Crippen LogP contribution in [-0.2, 0) is 0 Å². The Morgan fingerprint density at radius 3 is 2.08 bits per heavy atom. The molecule has 0 aliphatic carbocycles. The zero-order chi connectivity index (χ0) is 19.5. The van der Waals surface area contributed by atoms with Gasteiger partial charge in [0.15, 0.2) is 0 Å². The van der Waals surface area contributed by atoms with Crippen LogP contribution in [0.4, 0.5) is 0 Å². The first-order valence-electron chi connectivity index (χ1n) is 7.89. The minimum atomic E-state index is -0.682.